The van der Waals surface area contributed by atoms with Gasteiger partial charge in [0, 0.05) is 41.3 Å². The summed E-state index contributed by atoms with van der Waals surface area (Å²) in [7, 11) is -3.89. The van der Waals surface area contributed by atoms with Gasteiger partial charge in [-0.15, -0.1) is 0 Å². The SMILES string of the molecule is N=C(N)c1cccc(NC(Cc2ccncc2)C(=O)Nc2ccc(-c3ccccc3S(N)(=O)=O)cc2)c1. The average molecular weight is 515 g/mol. The maximum atomic E-state index is 13.3. The second-order valence-electron chi connectivity index (χ2n) is 8.36. The third kappa shape index (κ3) is 6.57. The quantitative estimate of drug-likeness (QED) is 0.170. The number of carbonyl (C=O) groups excluding carboxylic acids is 1. The van der Waals surface area contributed by atoms with Gasteiger partial charge in [0.05, 0.1) is 4.90 Å². The van der Waals surface area contributed by atoms with E-state index >= 15 is 0 Å². The van der Waals surface area contributed by atoms with Gasteiger partial charge >= 0.3 is 0 Å². The largest absolute Gasteiger partial charge is 0.384 e. The van der Waals surface area contributed by atoms with Gasteiger partial charge in [0.25, 0.3) is 0 Å². The Morgan fingerprint density at radius 2 is 1.62 bits per heavy atom. The van der Waals surface area contributed by atoms with Gasteiger partial charge in [-0.05, 0) is 53.6 Å². The molecule has 1 unspecified atom stereocenters. The number of rotatable bonds is 9. The van der Waals surface area contributed by atoms with Crippen molar-refractivity contribution in [2.24, 2.45) is 10.9 Å². The van der Waals surface area contributed by atoms with Crippen molar-refractivity contribution in [2.45, 2.75) is 17.4 Å². The number of hydrogen-bond acceptors (Lipinski definition) is 6. The number of primary sulfonamides is 1. The highest BCUT2D eigenvalue weighted by atomic mass is 32.2. The molecule has 0 aliphatic carbocycles. The molecule has 4 aromatic rings. The van der Waals surface area contributed by atoms with Crippen molar-refractivity contribution in [3.63, 3.8) is 0 Å². The summed E-state index contributed by atoms with van der Waals surface area (Å²) in [6, 6.07) is 23.4. The fraction of sp³-hybridized carbons (Fsp3) is 0.0741. The number of nitrogens with two attached hydrogens (primary N) is 2. The first-order valence-electron chi connectivity index (χ1n) is 11.3. The van der Waals surface area contributed by atoms with Crippen molar-refractivity contribution >= 4 is 33.1 Å². The molecule has 0 spiro atoms. The van der Waals surface area contributed by atoms with Gasteiger partial charge < -0.3 is 16.4 Å². The number of sulfonamides is 1. The molecule has 1 heterocycles. The van der Waals surface area contributed by atoms with Crippen LogP contribution in [0.1, 0.15) is 11.1 Å². The van der Waals surface area contributed by atoms with Crippen LogP contribution < -0.4 is 21.5 Å². The minimum atomic E-state index is -3.89. The number of nitrogens with one attached hydrogen (secondary N) is 3. The molecule has 1 amide bonds. The molecular weight excluding hydrogens is 488 g/mol. The van der Waals surface area contributed by atoms with E-state index < -0.39 is 16.1 Å². The summed E-state index contributed by atoms with van der Waals surface area (Å²) in [5, 5.41) is 19.2. The third-order valence-electron chi connectivity index (χ3n) is 5.68. The lowest BCUT2D eigenvalue weighted by molar-refractivity contribution is -0.116. The van der Waals surface area contributed by atoms with Crippen LogP contribution in [-0.4, -0.2) is 31.2 Å². The summed E-state index contributed by atoms with van der Waals surface area (Å²) < 4.78 is 23.9. The summed E-state index contributed by atoms with van der Waals surface area (Å²) >= 11 is 0. The maximum Gasteiger partial charge on any atom is 0.247 e. The Balaban J connectivity index is 1.56. The summed E-state index contributed by atoms with van der Waals surface area (Å²) in [5.41, 5.74) is 9.39. The number of amides is 1. The number of hydrogen-bond donors (Lipinski definition) is 5. The van der Waals surface area contributed by atoms with Gasteiger partial charge in [0.1, 0.15) is 11.9 Å². The highest BCUT2D eigenvalue weighted by Crippen LogP contribution is 2.27. The van der Waals surface area contributed by atoms with E-state index in [0.717, 1.165) is 5.56 Å². The fourth-order valence-electron chi connectivity index (χ4n) is 3.86. The van der Waals surface area contributed by atoms with E-state index in [1.807, 2.05) is 12.1 Å². The molecule has 9 nitrogen and oxygen atoms in total. The Bertz CT molecular complexity index is 1520. The van der Waals surface area contributed by atoms with Gasteiger partial charge in [-0.2, -0.15) is 0 Å². The number of pyridine rings is 1. The van der Waals surface area contributed by atoms with Gasteiger partial charge in [0.15, 0.2) is 0 Å². The molecule has 0 saturated carbocycles. The molecule has 37 heavy (non-hydrogen) atoms. The minimum Gasteiger partial charge on any atom is -0.384 e. The van der Waals surface area contributed by atoms with Crippen molar-refractivity contribution in [2.75, 3.05) is 10.6 Å². The average Bonchev–Trinajstić information content (AvgIpc) is 2.89. The van der Waals surface area contributed by atoms with Gasteiger partial charge in [-0.25, -0.2) is 13.6 Å². The van der Waals surface area contributed by atoms with Crippen LogP contribution in [0.4, 0.5) is 11.4 Å². The predicted octanol–water partition coefficient (Wildman–Crippen LogP) is 3.34. The van der Waals surface area contributed by atoms with E-state index in [4.69, 9.17) is 16.3 Å². The minimum absolute atomic E-state index is 0.0289. The van der Waals surface area contributed by atoms with E-state index in [2.05, 4.69) is 15.6 Å². The van der Waals surface area contributed by atoms with Crippen LogP contribution in [-0.2, 0) is 21.2 Å². The van der Waals surface area contributed by atoms with Crippen LogP contribution in [0.15, 0.2) is 102 Å². The lowest BCUT2D eigenvalue weighted by Gasteiger charge is -2.20. The van der Waals surface area contributed by atoms with Crippen LogP contribution >= 0.6 is 0 Å². The molecule has 0 saturated heterocycles. The molecule has 10 heteroatoms. The summed E-state index contributed by atoms with van der Waals surface area (Å²) in [5.74, 6) is -0.342. The first-order chi connectivity index (χ1) is 17.7. The van der Waals surface area contributed by atoms with Gasteiger partial charge in [0.2, 0.25) is 15.9 Å². The molecule has 1 aromatic heterocycles. The predicted molar refractivity (Wildman–Crippen MR) is 145 cm³/mol. The van der Waals surface area contributed by atoms with Crippen LogP contribution in [0, 0.1) is 5.41 Å². The van der Waals surface area contributed by atoms with Crippen molar-refractivity contribution < 1.29 is 13.2 Å². The second-order valence-corrected chi connectivity index (χ2v) is 9.89. The normalized spacial score (nSPS) is 11.9. The molecule has 188 valence electrons. The number of benzene rings is 3. The van der Waals surface area contributed by atoms with Crippen LogP contribution in [0.2, 0.25) is 0 Å². The monoisotopic (exact) mass is 514 g/mol. The summed E-state index contributed by atoms with van der Waals surface area (Å²) in [4.78, 5) is 17.4. The van der Waals surface area contributed by atoms with E-state index in [9.17, 15) is 13.2 Å². The lowest BCUT2D eigenvalue weighted by atomic mass is 10.0. The van der Waals surface area contributed by atoms with Gasteiger partial charge in [-0.1, -0.05) is 42.5 Å². The molecule has 0 bridgehead atoms. The molecule has 4 rings (SSSR count). The third-order valence-corrected chi connectivity index (χ3v) is 6.65. The molecule has 7 N–H and O–H groups in total. The summed E-state index contributed by atoms with van der Waals surface area (Å²) in [6.07, 6.45) is 3.72. The Morgan fingerprint density at radius 1 is 0.919 bits per heavy atom. The van der Waals surface area contributed by atoms with E-state index in [0.29, 0.717) is 34.5 Å². The van der Waals surface area contributed by atoms with Gasteiger partial charge in [-0.3, -0.25) is 15.2 Å². The summed E-state index contributed by atoms with van der Waals surface area (Å²) in [6.45, 7) is 0. The molecule has 0 aliphatic heterocycles. The van der Waals surface area contributed by atoms with E-state index in [1.54, 1.807) is 79.1 Å². The zero-order chi connectivity index (χ0) is 26.4. The van der Waals surface area contributed by atoms with Crippen LogP contribution in [0.3, 0.4) is 0 Å². The number of amidine groups is 1. The van der Waals surface area contributed by atoms with E-state index in [1.165, 1.54) is 6.07 Å². The Kier molecular flexibility index (Phi) is 7.61. The Labute approximate surface area is 215 Å². The van der Waals surface area contributed by atoms with E-state index in [-0.39, 0.29) is 16.6 Å². The number of nitrogens with zero attached hydrogens (tertiary/aromatic N) is 1. The Morgan fingerprint density at radius 3 is 2.30 bits per heavy atom. The first-order valence-corrected chi connectivity index (χ1v) is 12.9. The molecular formula is C27H26N6O3S. The number of carbonyl (C=O) groups is 1. The van der Waals surface area contributed by atoms with Crippen molar-refractivity contribution in [1.82, 2.24) is 4.98 Å². The first kappa shape index (κ1) is 25.5. The van der Waals surface area contributed by atoms with Crippen molar-refractivity contribution in [1.29, 1.82) is 5.41 Å². The number of anilines is 2. The van der Waals surface area contributed by atoms with Crippen LogP contribution in [0.25, 0.3) is 11.1 Å². The topological polar surface area (TPSA) is 164 Å². The maximum absolute atomic E-state index is 13.3. The zero-order valence-electron chi connectivity index (χ0n) is 19.8. The standard InChI is InChI=1S/C27H26N6O3S/c28-26(29)20-4-3-5-22(17-20)32-24(16-18-12-14-31-15-13-18)27(34)33-21-10-8-19(9-11-21)23-6-1-2-7-25(23)37(30,35)36/h1-15,17,24,32H,16H2,(H3,28,29)(H,33,34)(H2,30,35,36). The molecule has 0 aliphatic rings. The van der Waals surface area contributed by atoms with Crippen molar-refractivity contribution in [3.05, 3.63) is 108 Å². The lowest BCUT2D eigenvalue weighted by Crippen LogP contribution is -2.36. The highest BCUT2D eigenvalue weighted by Gasteiger charge is 2.20. The van der Waals surface area contributed by atoms with Crippen LogP contribution in [0.5, 0.6) is 0 Å². The molecule has 1 atom stereocenters. The Hall–Kier alpha value is -4.54. The second kappa shape index (κ2) is 11.0. The molecule has 0 radical (unpaired) electrons. The van der Waals surface area contributed by atoms with Crippen molar-refractivity contribution in [3.8, 4) is 11.1 Å². The number of nitrogen functional groups attached to an aromatic ring is 1. The fourth-order valence-corrected chi connectivity index (χ4v) is 4.62. The zero-order valence-corrected chi connectivity index (χ0v) is 20.6. The number of aromatic nitrogens is 1. The highest BCUT2D eigenvalue weighted by molar-refractivity contribution is 7.89. The smallest absolute Gasteiger partial charge is 0.247 e. The molecule has 3 aromatic carbocycles. The molecule has 0 fully saturated rings.